The molecule has 3 aromatic rings. The number of benzene rings is 1. The van der Waals surface area contributed by atoms with Gasteiger partial charge in [-0.15, -0.1) is 0 Å². The van der Waals surface area contributed by atoms with Crippen molar-refractivity contribution in [2.75, 3.05) is 0 Å². The second-order valence-electron chi connectivity index (χ2n) is 3.45. The van der Waals surface area contributed by atoms with Crippen molar-refractivity contribution in [2.45, 2.75) is 0 Å². The van der Waals surface area contributed by atoms with Crippen LogP contribution in [0.5, 0.6) is 0 Å². The number of nitrogens with zero attached hydrogens (tertiary/aromatic N) is 3. The average Bonchev–Trinajstić information content (AvgIpc) is 2.39. The lowest BCUT2D eigenvalue weighted by atomic mass is 10.1. The van der Waals surface area contributed by atoms with Crippen molar-refractivity contribution in [1.29, 1.82) is 0 Å². The standard InChI is InChI=1S/C13H9N3/c1-4-10-5-2-7-14-12(10)11(6-1)13-15-8-3-9-16-13/h1-9H. The van der Waals surface area contributed by atoms with Crippen molar-refractivity contribution in [2.24, 2.45) is 0 Å². The SMILES string of the molecule is c1cnc(-c2cccc3cccnc23)nc1. The van der Waals surface area contributed by atoms with E-state index in [4.69, 9.17) is 0 Å². The first-order valence-electron chi connectivity index (χ1n) is 5.06. The number of rotatable bonds is 1. The van der Waals surface area contributed by atoms with Gasteiger partial charge in [0, 0.05) is 29.5 Å². The Morgan fingerprint density at radius 1 is 0.688 bits per heavy atom. The first-order valence-corrected chi connectivity index (χ1v) is 5.06. The molecular formula is C13H9N3. The molecule has 0 aliphatic carbocycles. The van der Waals surface area contributed by atoms with Crippen molar-refractivity contribution < 1.29 is 0 Å². The van der Waals surface area contributed by atoms with Crippen LogP contribution in [0.15, 0.2) is 55.0 Å². The Hall–Kier alpha value is -2.29. The number of hydrogen-bond donors (Lipinski definition) is 0. The minimum atomic E-state index is 0.715. The van der Waals surface area contributed by atoms with Crippen LogP contribution < -0.4 is 0 Å². The highest BCUT2D eigenvalue weighted by Gasteiger charge is 2.05. The molecule has 0 atom stereocenters. The smallest absolute Gasteiger partial charge is 0.161 e. The lowest BCUT2D eigenvalue weighted by Crippen LogP contribution is -1.89. The molecule has 0 aliphatic rings. The van der Waals surface area contributed by atoms with Gasteiger partial charge < -0.3 is 0 Å². The molecule has 0 aliphatic heterocycles. The molecule has 0 saturated carbocycles. The molecule has 1 aromatic carbocycles. The monoisotopic (exact) mass is 207 g/mol. The zero-order valence-corrected chi connectivity index (χ0v) is 8.54. The molecule has 3 heteroatoms. The van der Waals surface area contributed by atoms with E-state index in [1.54, 1.807) is 18.6 Å². The molecular weight excluding hydrogens is 198 g/mol. The molecule has 76 valence electrons. The lowest BCUT2D eigenvalue weighted by Gasteiger charge is -2.03. The van der Waals surface area contributed by atoms with E-state index in [-0.39, 0.29) is 0 Å². The molecule has 0 fully saturated rings. The Morgan fingerprint density at radius 2 is 1.44 bits per heavy atom. The summed E-state index contributed by atoms with van der Waals surface area (Å²) in [5.41, 5.74) is 1.91. The predicted octanol–water partition coefficient (Wildman–Crippen LogP) is 2.69. The molecule has 0 amide bonds. The maximum Gasteiger partial charge on any atom is 0.161 e. The van der Waals surface area contributed by atoms with Gasteiger partial charge in [0.05, 0.1) is 5.52 Å². The molecule has 0 N–H and O–H groups in total. The van der Waals surface area contributed by atoms with Crippen LogP contribution in [0.25, 0.3) is 22.3 Å². The van der Waals surface area contributed by atoms with Crippen molar-refractivity contribution >= 4 is 10.9 Å². The van der Waals surface area contributed by atoms with Crippen LogP contribution in [0.1, 0.15) is 0 Å². The second kappa shape index (κ2) is 3.70. The molecule has 3 rings (SSSR count). The Labute approximate surface area is 92.8 Å². The average molecular weight is 207 g/mol. The van der Waals surface area contributed by atoms with Gasteiger partial charge in [0.2, 0.25) is 0 Å². The maximum absolute atomic E-state index is 4.38. The summed E-state index contributed by atoms with van der Waals surface area (Å²) in [5.74, 6) is 0.715. The van der Waals surface area contributed by atoms with Gasteiger partial charge in [-0.05, 0) is 18.2 Å². The highest BCUT2D eigenvalue weighted by Crippen LogP contribution is 2.23. The van der Waals surface area contributed by atoms with Crippen molar-refractivity contribution in [3.63, 3.8) is 0 Å². The van der Waals surface area contributed by atoms with E-state index in [9.17, 15) is 0 Å². The topological polar surface area (TPSA) is 38.7 Å². The molecule has 0 saturated heterocycles. The van der Waals surface area contributed by atoms with E-state index in [1.165, 1.54) is 0 Å². The Balaban J connectivity index is 2.32. The summed E-state index contributed by atoms with van der Waals surface area (Å²) in [6, 6.07) is 11.8. The molecule has 3 nitrogen and oxygen atoms in total. The molecule has 0 bridgehead atoms. The molecule has 0 unspecified atom stereocenters. The Kier molecular flexibility index (Phi) is 2.07. The van der Waals surface area contributed by atoms with Crippen LogP contribution in [-0.2, 0) is 0 Å². The highest BCUT2D eigenvalue weighted by molar-refractivity contribution is 5.91. The third kappa shape index (κ3) is 1.42. The van der Waals surface area contributed by atoms with E-state index in [1.807, 2.05) is 36.4 Å². The molecule has 0 spiro atoms. The summed E-state index contributed by atoms with van der Waals surface area (Å²) in [7, 11) is 0. The van der Waals surface area contributed by atoms with Gasteiger partial charge >= 0.3 is 0 Å². The second-order valence-corrected chi connectivity index (χ2v) is 3.45. The van der Waals surface area contributed by atoms with Crippen molar-refractivity contribution in [3.8, 4) is 11.4 Å². The van der Waals surface area contributed by atoms with Crippen LogP contribution in [0.3, 0.4) is 0 Å². The lowest BCUT2D eigenvalue weighted by molar-refractivity contribution is 1.18. The van der Waals surface area contributed by atoms with Crippen molar-refractivity contribution in [3.05, 3.63) is 55.0 Å². The minimum Gasteiger partial charge on any atom is -0.255 e. The normalized spacial score (nSPS) is 10.5. The summed E-state index contributed by atoms with van der Waals surface area (Å²) < 4.78 is 0. The van der Waals surface area contributed by atoms with E-state index in [2.05, 4.69) is 15.0 Å². The number of pyridine rings is 1. The Morgan fingerprint density at radius 3 is 2.31 bits per heavy atom. The fraction of sp³-hybridized carbons (Fsp3) is 0. The maximum atomic E-state index is 4.38. The first kappa shape index (κ1) is 8.97. The zero-order chi connectivity index (χ0) is 10.8. The van der Waals surface area contributed by atoms with Crippen LogP contribution in [-0.4, -0.2) is 15.0 Å². The number of aromatic nitrogens is 3. The highest BCUT2D eigenvalue weighted by atomic mass is 14.9. The van der Waals surface area contributed by atoms with E-state index in [0.717, 1.165) is 16.5 Å². The number of hydrogen-bond acceptors (Lipinski definition) is 3. The summed E-state index contributed by atoms with van der Waals surface area (Å²) in [4.78, 5) is 12.9. The molecule has 2 heterocycles. The van der Waals surface area contributed by atoms with Gasteiger partial charge in [-0.2, -0.15) is 0 Å². The fourth-order valence-corrected chi connectivity index (χ4v) is 1.72. The van der Waals surface area contributed by atoms with Crippen LogP contribution in [0.2, 0.25) is 0 Å². The van der Waals surface area contributed by atoms with Crippen LogP contribution >= 0.6 is 0 Å². The quantitative estimate of drug-likeness (QED) is 0.615. The van der Waals surface area contributed by atoms with Gasteiger partial charge in [-0.1, -0.05) is 18.2 Å². The van der Waals surface area contributed by atoms with Gasteiger partial charge in [0.15, 0.2) is 5.82 Å². The summed E-state index contributed by atoms with van der Waals surface area (Å²) in [6.07, 6.45) is 5.27. The Bertz CT molecular complexity index is 615. The summed E-state index contributed by atoms with van der Waals surface area (Å²) in [5, 5.41) is 1.10. The van der Waals surface area contributed by atoms with E-state index >= 15 is 0 Å². The number of fused-ring (bicyclic) bond motifs is 1. The summed E-state index contributed by atoms with van der Waals surface area (Å²) >= 11 is 0. The van der Waals surface area contributed by atoms with E-state index in [0.29, 0.717) is 5.82 Å². The fourth-order valence-electron chi connectivity index (χ4n) is 1.72. The van der Waals surface area contributed by atoms with Crippen LogP contribution in [0, 0.1) is 0 Å². The predicted molar refractivity (Wildman–Crippen MR) is 62.8 cm³/mol. The van der Waals surface area contributed by atoms with Gasteiger partial charge in [0.1, 0.15) is 0 Å². The molecule has 16 heavy (non-hydrogen) atoms. The minimum absolute atomic E-state index is 0.715. The van der Waals surface area contributed by atoms with Gasteiger partial charge in [-0.25, -0.2) is 9.97 Å². The van der Waals surface area contributed by atoms with Crippen molar-refractivity contribution in [1.82, 2.24) is 15.0 Å². The number of para-hydroxylation sites is 1. The molecule has 2 aromatic heterocycles. The van der Waals surface area contributed by atoms with Crippen LogP contribution in [0.4, 0.5) is 0 Å². The molecule has 0 radical (unpaired) electrons. The van der Waals surface area contributed by atoms with E-state index < -0.39 is 0 Å². The zero-order valence-electron chi connectivity index (χ0n) is 8.54. The first-order chi connectivity index (χ1) is 7.95. The third-order valence-electron chi connectivity index (χ3n) is 2.44. The largest absolute Gasteiger partial charge is 0.255 e. The van der Waals surface area contributed by atoms with Gasteiger partial charge in [0.25, 0.3) is 0 Å². The summed E-state index contributed by atoms with van der Waals surface area (Å²) in [6.45, 7) is 0. The third-order valence-corrected chi connectivity index (χ3v) is 2.44. The van der Waals surface area contributed by atoms with Gasteiger partial charge in [-0.3, -0.25) is 4.98 Å².